The van der Waals surface area contributed by atoms with Gasteiger partial charge in [-0.05, 0) is 18.9 Å². The summed E-state index contributed by atoms with van der Waals surface area (Å²) >= 11 is 5.80. The summed E-state index contributed by atoms with van der Waals surface area (Å²) in [6.45, 7) is 3.08. The van der Waals surface area contributed by atoms with Gasteiger partial charge in [-0.1, -0.05) is 16.7 Å². The molecule has 0 fully saturated rings. The van der Waals surface area contributed by atoms with Gasteiger partial charge >= 0.3 is 0 Å². The second-order valence-electron chi connectivity index (χ2n) is 2.63. The normalized spacial score (nSPS) is 9.69. The molecule has 1 heterocycles. The first-order valence-corrected chi connectivity index (χ1v) is 4.32. The highest BCUT2D eigenvalue weighted by Gasteiger charge is 2.00. The second-order valence-corrected chi connectivity index (χ2v) is 3.04. The SMILES string of the molecule is Cc1nn(CCCN=[N+]=[N-])cc1Cl. The third-order valence-electron chi connectivity index (χ3n) is 1.60. The van der Waals surface area contributed by atoms with Crippen molar-refractivity contribution in [1.29, 1.82) is 0 Å². The number of hydrogen-bond acceptors (Lipinski definition) is 2. The fraction of sp³-hybridized carbons (Fsp3) is 0.571. The maximum absolute atomic E-state index is 8.03. The van der Waals surface area contributed by atoms with Crippen LogP contribution in [0.3, 0.4) is 0 Å². The van der Waals surface area contributed by atoms with Crippen LogP contribution >= 0.6 is 11.6 Å². The van der Waals surface area contributed by atoms with Crippen molar-refractivity contribution in [2.45, 2.75) is 19.9 Å². The van der Waals surface area contributed by atoms with Crippen molar-refractivity contribution in [3.8, 4) is 0 Å². The van der Waals surface area contributed by atoms with E-state index in [2.05, 4.69) is 15.1 Å². The Kier molecular flexibility index (Phi) is 3.61. The van der Waals surface area contributed by atoms with E-state index in [4.69, 9.17) is 17.1 Å². The Labute approximate surface area is 80.9 Å². The number of azide groups is 1. The van der Waals surface area contributed by atoms with Gasteiger partial charge in [0.15, 0.2) is 0 Å². The minimum absolute atomic E-state index is 0.493. The van der Waals surface area contributed by atoms with Crippen LogP contribution in [-0.4, -0.2) is 16.3 Å². The van der Waals surface area contributed by atoms with Crippen LogP contribution in [0.25, 0.3) is 10.4 Å². The average molecular weight is 200 g/mol. The molecule has 1 rings (SSSR count). The van der Waals surface area contributed by atoms with E-state index >= 15 is 0 Å². The molecule has 0 spiro atoms. The van der Waals surface area contributed by atoms with Crippen molar-refractivity contribution in [3.63, 3.8) is 0 Å². The summed E-state index contributed by atoms with van der Waals surface area (Å²) in [5.41, 5.74) is 8.85. The van der Waals surface area contributed by atoms with Gasteiger partial charge in [0, 0.05) is 24.2 Å². The predicted octanol–water partition coefficient (Wildman–Crippen LogP) is 2.55. The lowest BCUT2D eigenvalue weighted by Gasteiger charge is -1.96. The number of hydrogen-bond donors (Lipinski definition) is 0. The molecular weight excluding hydrogens is 190 g/mol. The zero-order chi connectivity index (χ0) is 9.68. The van der Waals surface area contributed by atoms with E-state index in [0.29, 0.717) is 11.6 Å². The Morgan fingerprint density at radius 1 is 1.77 bits per heavy atom. The quantitative estimate of drug-likeness (QED) is 0.318. The molecule has 1 aromatic heterocycles. The van der Waals surface area contributed by atoms with Crippen molar-refractivity contribution in [2.24, 2.45) is 5.11 Å². The van der Waals surface area contributed by atoms with Gasteiger partial charge < -0.3 is 0 Å². The Morgan fingerprint density at radius 3 is 3.08 bits per heavy atom. The van der Waals surface area contributed by atoms with Gasteiger partial charge in [-0.15, -0.1) is 0 Å². The highest BCUT2D eigenvalue weighted by atomic mass is 35.5. The second kappa shape index (κ2) is 4.74. The fourth-order valence-corrected chi connectivity index (χ4v) is 1.11. The minimum Gasteiger partial charge on any atom is -0.271 e. The molecule has 0 saturated carbocycles. The lowest BCUT2D eigenvalue weighted by atomic mass is 10.4. The van der Waals surface area contributed by atoms with Crippen molar-refractivity contribution in [3.05, 3.63) is 27.4 Å². The molecule has 0 amide bonds. The molecule has 0 aromatic carbocycles. The third kappa shape index (κ3) is 2.97. The Balaban J connectivity index is 2.41. The largest absolute Gasteiger partial charge is 0.271 e. The molecule has 1 aromatic rings. The Morgan fingerprint density at radius 2 is 2.54 bits per heavy atom. The van der Waals surface area contributed by atoms with E-state index in [1.807, 2.05) is 6.92 Å². The summed E-state index contributed by atoms with van der Waals surface area (Å²) in [7, 11) is 0. The first kappa shape index (κ1) is 9.89. The van der Waals surface area contributed by atoms with E-state index in [1.54, 1.807) is 10.9 Å². The number of nitrogens with zero attached hydrogens (tertiary/aromatic N) is 5. The first-order valence-electron chi connectivity index (χ1n) is 3.94. The summed E-state index contributed by atoms with van der Waals surface area (Å²) in [6, 6.07) is 0. The van der Waals surface area contributed by atoms with Gasteiger partial charge in [0.05, 0.1) is 10.7 Å². The van der Waals surface area contributed by atoms with Gasteiger partial charge in [-0.2, -0.15) is 5.10 Å². The van der Waals surface area contributed by atoms with E-state index in [0.717, 1.165) is 18.7 Å². The van der Waals surface area contributed by atoms with Crippen LogP contribution in [0.15, 0.2) is 11.3 Å². The van der Waals surface area contributed by atoms with Gasteiger partial charge in [0.25, 0.3) is 0 Å². The van der Waals surface area contributed by atoms with E-state index in [1.165, 1.54) is 0 Å². The Bertz CT molecular complexity index is 306. The predicted molar refractivity (Wildman–Crippen MR) is 50.6 cm³/mol. The average Bonchev–Trinajstić information content (AvgIpc) is 2.41. The summed E-state index contributed by atoms with van der Waals surface area (Å²) in [4.78, 5) is 2.66. The van der Waals surface area contributed by atoms with Crippen LogP contribution in [0.5, 0.6) is 0 Å². The van der Waals surface area contributed by atoms with E-state index in [9.17, 15) is 0 Å². The molecule has 0 bridgehead atoms. The van der Waals surface area contributed by atoms with Crippen molar-refractivity contribution in [2.75, 3.05) is 6.54 Å². The van der Waals surface area contributed by atoms with Crippen molar-refractivity contribution >= 4 is 11.6 Å². The van der Waals surface area contributed by atoms with Gasteiger partial charge in [-0.25, -0.2) is 0 Å². The summed E-state index contributed by atoms with van der Waals surface area (Å²) in [5.74, 6) is 0. The zero-order valence-electron chi connectivity index (χ0n) is 7.31. The highest BCUT2D eigenvalue weighted by Crippen LogP contribution is 2.11. The van der Waals surface area contributed by atoms with Crippen molar-refractivity contribution < 1.29 is 0 Å². The number of aryl methyl sites for hydroxylation is 2. The summed E-state index contributed by atoms with van der Waals surface area (Å²) in [6.07, 6.45) is 2.55. The van der Waals surface area contributed by atoms with Crippen LogP contribution in [0, 0.1) is 6.92 Å². The smallest absolute Gasteiger partial charge is 0.0814 e. The van der Waals surface area contributed by atoms with Gasteiger partial charge in [0.1, 0.15) is 0 Å². The van der Waals surface area contributed by atoms with Crippen LogP contribution in [0.4, 0.5) is 0 Å². The molecule has 6 heteroatoms. The molecule has 5 nitrogen and oxygen atoms in total. The highest BCUT2D eigenvalue weighted by molar-refractivity contribution is 6.31. The number of aromatic nitrogens is 2. The third-order valence-corrected chi connectivity index (χ3v) is 1.97. The standard InChI is InChI=1S/C7H10ClN5/c1-6-7(8)5-13(11-6)4-2-3-10-12-9/h5H,2-4H2,1H3. The molecule has 0 saturated heterocycles. The molecule has 0 aliphatic rings. The molecule has 13 heavy (non-hydrogen) atoms. The zero-order valence-corrected chi connectivity index (χ0v) is 8.07. The maximum atomic E-state index is 8.03. The van der Waals surface area contributed by atoms with Crippen LogP contribution in [-0.2, 0) is 6.54 Å². The molecule has 70 valence electrons. The molecule has 0 aliphatic heterocycles. The number of rotatable bonds is 4. The van der Waals surface area contributed by atoms with Gasteiger partial charge in [0.2, 0.25) is 0 Å². The first-order chi connectivity index (χ1) is 6.24. The molecule has 0 unspecified atom stereocenters. The topological polar surface area (TPSA) is 66.6 Å². The summed E-state index contributed by atoms with van der Waals surface area (Å²) < 4.78 is 1.75. The monoisotopic (exact) mass is 199 g/mol. The van der Waals surface area contributed by atoms with Gasteiger partial charge in [-0.3, -0.25) is 4.68 Å². The van der Waals surface area contributed by atoms with Crippen LogP contribution in [0.2, 0.25) is 5.02 Å². The van der Waals surface area contributed by atoms with Crippen molar-refractivity contribution in [1.82, 2.24) is 9.78 Å². The number of halogens is 1. The van der Waals surface area contributed by atoms with Crippen LogP contribution in [0.1, 0.15) is 12.1 Å². The lowest BCUT2D eigenvalue weighted by Crippen LogP contribution is -1.99. The molecule has 0 atom stereocenters. The molecule has 0 radical (unpaired) electrons. The minimum atomic E-state index is 0.493. The molecule has 0 aliphatic carbocycles. The maximum Gasteiger partial charge on any atom is 0.0814 e. The molecular formula is C7H10ClN5. The van der Waals surface area contributed by atoms with Crippen LogP contribution < -0.4 is 0 Å². The van der Waals surface area contributed by atoms with E-state index in [-0.39, 0.29) is 0 Å². The van der Waals surface area contributed by atoms with E-state index < -0.39 is 0 Å². The Hall–Kier alpha value is -1.19. The lowest BCUT2D eigenvalue weighted by molar-refractivity contribution is 0.580. The fourth-order valence-electron chi connectivity index (χ4n) is 0.956. The summed E-state index contributed by atoms with van der Waals surface area (Å²) in [5, 5.41) is 8.25. The molecule has 0 N–H and O–H groups in total.